The van der Waals surface area contributed by atoms with E-state index in [1.165, 1.54) is 0 Å². The van der Waals surface area contributed by atoms with Crippen LogP contribution in [0.5, 0.6) is 0 Å². The summed E-state index contributed by atoms with van der Waals surface area (Å²) in [5.41, 5.74) is 0.331. The van der Waals surface area contributed by atoms with Gasteiger partial charge < -0.3 is 5.32 Å². The van der Waals surface area contributed by atoms with Gasteiger partial charge in [0.1, 0.15) is 0 Å². The second kappa shape index (κ2) is 5.36. The number of rotatable bonds is 4. The van der Waals surface area contributed by atoms with Crippen LogP contribution in [0.25, 0.3) is 0 Å². The topological polar surface area (TPSA) is 12.0 Å². The largest absolute Gasteiger partial charge is 0.314 e. The monoisotopic (exact) mass is 169 g/mol. The van der Waals surface area contributed by atoms with Gasteiger partial charge in [-0.25, -0.2) is 0 Å². The molecule has 0 heterocycles. The fourth-order valence-electron chi connectivity index (χ4n) is 0.892. The number of allylic oxidation sites excluding steroid dienone is 1. The smallest absolute Gasteiger partial charge is 0.00105 e. The van der Waals surface area contributed by atoms with Crippen molar-refractivity contribution >= 4 is 0 Å². The van der Waals surface area contributed by atoms with Gasteiger partial charge in [-0.1, -0.05) is 46.8 Å². The van der Waals surface area contributed by atoms with Crippen LogP contribution in [0.1, 0.15) is 41.0 Å². The van der Waals surface area contributed by atoms with Gasteiger partial charge in [0.25, 0.3) is 0 Å². The van der Waals surface area contributed by atoms with E-state index in [2.05, 4.69) is 52.1 Å². The first-order valence-corrected chi connectivity index (χ1v) is 4.83. The summed E-state index contributed by atoms with van der Waals surface area (Å²) in [4.78, 5) is 0. The van der Waals surface area contributed by atoms with Crippen molar-refractivity contribution in [3.05, 3.63) is 12.2 Å². The highest BCUT2D eigenvalue weighted by Gasteiger charge is 2.02. The van der Waals surface area contributed by atoms with Gasteiger partial charge in [-0.3, -0.25) is 0 Å². The van der Waals surface area contributed by atoms with Gasteiger partial charge in [-0.15, -0.1) is 0 Å². The average Bonchev–Trinajstić information content (AvgIpc) is 1.83. The molecule has 72 valence electrons. The van der Waals surface area contributed by atoms with Gasteiger partial charge in [0, 0.05) is 6.04 Å². The lowest BCUT2D eigenvalue weighted by Crippen LogP contribution is -2.23. The summed E-state index contributed by atoms with van der Waals surface area (Å²) < 4.78 is 0. The number of nitrogens with one attached hydrogen (secondary N) is 1. The Balaban J connectivity index is 3.37. The summed E-state index contributed by atoms with van der Waals surface area (Å²) in [6, 6.07) is 0.605. The molecule has 0 aliphatic rings. The minimum absolute atomic E-state index is 0.331. The zero-order chi connectivity index (χ0) is 9.61. The van der Waals surface area contributed by atoms with Crippen LogP contribution in [0, 0.1) is 5.41 Å². The molecule has 0 aliphatic carbocycles. The molecule has 0 aromatic rings. The quantitative estimate of drug-likeness (QED) is 0.504. The first-order chi connectivity index (χ1) is 5.42. The third-order valence-corrected chi connectivity index (χ3v) is 1.48. The summed E-state index contributed by atoms with van der Waals surface area (Å²) in [6.45, 7) is 12.1. The van der Waals surface area contributed by atoms with Gasteiger partial charge in [0.15, 0.2) is 0 Å². The molecular weight excluding hydrogens is 146 g/mol. The van der Waals surface area contributed by atoms with E-state index in [1.807, 2.05) is 0 Å². The Morgan fingerprint density at radius 2 is 1.83 bits per heavy atom. The maximum absolute atomic E-state index is 3.38. The normalized spacial score (nSPS) is 13.2. The van der Waals surface area contributed by atoms with E-state index in [0.29, 0.717) is 11.5 Å². The molecule has 0 amide bonds. The molecule has 1 N–H and O–H groups in total. The van der Waals surface area contributed by atoms with Crippen molar-refractivity contribution in [2.45, 2.75) is 47.1 Å². The lowest BCUT2D eigenvalue weighted by atomic mass is 9.96. The number of hydrogen-bond donors (Lipinski definition) is 1. The zero-order valence-corrected chi connectivity index (χ0v) is 9.15. The van der Waals surface area contributed by atoms with Crippen LogP contribution in [-0.2, 0) is 0 Å². The summed E-state index contributed by atoms with van der Waals surface area (Å²) >= 11 is 0. The lowest BCUT2D eigenvalue weighted by Gasteiger charge is -2.11. The van der Waals surface area contributed by atoms with E-state index in [-0.39, 0.29) is 0 Å². The van der Waals surface area contributed by atoms with E-state index in [4.69, 9.17) is 0 Å². The third kappa shape index (κ3) is 9.70. The molecule has 0 aliphatic heterocycles. The Bertz CT molecular complexity index is 128. The molecule has 0 bridgehead atoms. The van der Waals surface area contributed by atoms with Crippen molar-refractivity contribution in [3.8, 4) is 0 Å². The first kappa shape index (κ1) is 11.7. The Kier molecular flexibility index (Phi) is 5.23. The molecule has 12 heavy (non-hydrogen) atoms. The van der Waals surface area contributed by atoms with Crippen LogP contribution in [0.4, 0.5) is 0 Å². The van der Waals surface area contributed by atoms with Crippen molar-refractivity contribution in [2.75, 3.05) is 6.54 Å². The van der Waals surface area contributed by atoms with Crippen molar-refractivity contribution in [1.82, 2.24) is 5.32 Å². The second-order valence-corrected chi connectivity index (χ2v) is 4.67. The molecule has 0 fully saturated rings. The fourth-order valence-corrected chi connectivity index (χ4v) is 0.892. The van der Waals surface area contributed by atoms with Gasteiger partial charge in [0.05, 0.1) is 0 Å². The van der Waals surface area contributed by atoms with Crippen molar-refractivity contribution in [1.29, 1.82) is 0 Å². The predicted octanol–water partition coefficient (Wildman–Crippen LogP) is 2.98. The van der Waals surface area contributed by atoms with E-state index in [0.717, 1.165) is 13.0 Å². The molecule has 0 saturated heterocycles. The highest BCUT2D eigenvalue weighted by atomic mass is 14.9. The molecular formula is C11H23N. The Morgan fingerprint density at radius 1 is 1.25 bits per heavy atom. The summed E-state index contributed by atoms with van der Waals surface area (Å²) in [7, 11) is 0. The van der Waals surface area contributed by atoms with Crippen LogP contribution in [0.3, 0.4) is 0 Å². The second-order valence-electron chi connectivity index (χ2n) is 4.67. The highest BCUT2D eigenvalue weighted by Crippen LogP contribution is 2.14. The van der Waals surface area contributed by atoms with E-state index < -0.39 is 0 Å². The fraction of sp³-hybridized carbons (Fsp3) is 0.818. The van der Waals surface area contributed by atoms with E-state index in [1.54, 1.807) is 0 Å². The van der Waals surface area contributed by atoms with E-state index in [9.17, 15) is 0 Å². The molecule has 0 unspecified atom stereocenters. The Labute approximate surface area is 77.2 Å². The maximum atomic E-state index is 3.38. The van der Waals surface area contributed by atoms with Crippen LogP contribution in [0.15, 0.2) is 12.2 Å². The SMILES string of the molecule is CC(C)NCCC=CC(C)(C)C. The van der Waals surface area contributed by atoms with E-state index >= 15 is 0 Å². The lowest BCUT2D eigenvalue weighted by molar-refractivity contribution is 0.539. The molecule has 0 radical (unpaired) electrons. The molecule has 0 rings (SSSR count). The van der Waals surface area contributed by atoms with Crippen molar-refractivity contribution in [2.24, 2.45) is 5.41 Å². The molecule has 0 spiro atoms. The summed E-state index contributed by atoms with van der Waals surface area (Å²) in [6.07, 6.45) is 5.67. The Morgan fingerprint density at radius 3 is 2.25 bits per heavy atom. The standard InChI is InChI=1S/C11H23N/c1-10(2)12-9-7-6-8-11(3,4)5/h6,8,10,12H,7,9H2,1-5H3. The molecule has 1 nitrogen and oxygen atoms in total. The predicted molar refractivity (Wildman–Crippen MR) is 56.4 cm³/mol. The minimum Gasteiger partial charge on any atom is -0.314 e. The van der Waals surface area contributed by atoms with Crippen LogP contribution < -0.4 is 5.32 Å². The molecule has 1 heteroatoms. The van der Waals surface area contributed by atoms with Crippen LogP contribution in [0.2, 0.25) is 0 Å². The average molecular weight is 169 g/mol. The minimum atomic E-state index is 0.331. The zero-order valence-electron chi connectivity index (χ0n) is 9.15. The van der Waals surface area contributed by atoms with Gasteiger partial charge in [0.2, 0.25) is 0 Å². The van der Waals surface area contributed by atoms with Crippen LogP contribution >= 0.6 is 0 Å². The van der Waals surface area contributed by atoms with Gasteiger partial charge in [-0.05, 0) is 18.4 Å². The van der Waals surface area contributed by atoms with Gasteiger partial charge >= 0.3 is 0 Å². The summed E-state index contributed by atoms with van der Waals surface area (Å²) in [5.74, 6) is 0. The number of hydrogen-bond acceptors (Lipinski definition) is 1. The highest BCUT2D eigenvalue weighted by molar-refractivity contribution is 4.92. The Hall–Kier alpha value is -0.300. The molecule has 0 atom stereocenters. The van der Waals surface area contributed by atoms with Crippen LogP contribution in [-0.4, -0.2) is 12.6 Å². The van der Waals surface area contributed by atoms with Crippen molar-refractivity contribution in [3.63, 3.8) is 0 Å². The van der Waals surface area contributed by atoms with Crippen molar-refractivity contribution < 1.29 is 0 Å². The molecule has 0 aromatic heterocycles. The molecule has 0 aromatic carbocycles. The summed E-state index contributed by atoms with van der Waals surface area (Å²) in [5, 5.41) is 3.38. The first-order valence-electron chi connectivity index (χ1n) is 4.83. The maximum Gasteiger partial charge on any atom is 0.00105 e. The third-order valence-electron chi connectivity index (χ3n) is 1.48. The van der Waals surface area contributed by atoms with Gasteiger partial charge in [-0.2, -0.15) is 0 Å². The molecule has 0 saturated carbocycles.